The van der Waals surface area contributed by atoms with E-state index < -0.39 is 11.9 Å². The number of hydrogen-bond acceptors (Lipinski definition) is 6. The zero-order valence-corrected chi connectivity index (χ0v) is 20.4. The fourth-order valence-corrected chi connectivity index (χ4v) is 5.79. The molecule has 1 aliphatic heterocycles. The third-order valence-electron chi connectivity index (χ3n) is 7.15. The molecular formula is C25H23ClN8O3. The van der Waals surface area contributed by atoms with E-state index in [1.165, 1.54) is 4.68 Å². The lowest BCUT2D eigenvalue weighted by atomic mass is 9.97. The predicted octanol–water partition coefficient (Wildman–Crippen LogP) is 2.59. The van der Waals surface area contributed by atoms with Crippen LogP contribution in [0.3, 0.4) is 0 Å². The molecule has 2 fully saturated rings. The maximum atomic E-state index is 13.6. The van der Waals surface area contributed by atoms with Crippen molar-refractivity contribution < 1.29 is 14.4 Å². The summed E-state index contributed by atoms with van der Waals surface area (Å²) >= 11 is 5.96. The van der Waals surface area contributed by atoms with Gasteiger partial charge in [-0.15, -0.1) is 0 Å². The molecule has 188 valence electrons. The van der Waals surface area contributed by atoms with Crippen molar-refractivity contribution in [3.05, 3.63) is 59.6 Å². The number of hydrogen-bond donors (Lipinski definition) is 3. The van der Waals surface area contributed by atoms with E-state index in [0.717, 1.165) is 24.8 Å². The van der Waals surface area contributed by atoms with Crippen molar-refractivity contribution in [3.63, 3.8) is 0 Å². The maximum Gasteiger partial charge on any atom is 0.269 e. The smallest absolute Gasteiger partial charge is 0.269 e. The number of aromatic amines is 1. The van der Waals surface area contributed by atoms with Gasteiger partial charge in [-0.05, 0) is 55.5 Å². The number of anilines is 1. The standard InChI is InChI=1S/C25H23ClN8O3/c26-18-2-1-3-19(30-18)31-25(37)22-13-4-6-15(10-13)34(22)20(35)12-33-17-7-5-14(24-28-8-9-29-24)11-16(17)21(32-33)23(27)36/h1-3,5,7-9,11,13,15,22H,4,6,10,12H2,(H2,27,36)(H,28,29)(H,30,31,37)/t13-,15+,22-/m0/s1. The number of aromatic nitrogens is 5. The Kier molecular flexibility index (Phi) is 5.64. The minimum atomic E-state index is -0.695. The Morgan fingerprint density at radius 3 is 2.81 bits per heavy atom. The van der Waals surface area contributed by atoms with Crippen molar-refractivity contribution in [1.29, 1.82) is 0 Å². The van der Waals surface area contributed by atoms with Crippen molar-refractivity contribution in [1.82, 2.24) is 29.6 Å². The van der Waals surface area contributed by atoms with Gasteiger partial charge in [0.25, 0.3) is 5.91 Å². The Hall–Kier alpha value is -4.25. The second-order valence-electron chi connectivity index (χ2n) is 9.35. The van der Waals surface area contributed by atoms with Crippen LogP contribution >= 0.6 is 11.6 Å². The number of nitrogens with two attached hydrogens (primary N) is 1. The van der Waals surface area contributed by atoms with Crippen LogP contribution < -0.4 is 11.1 Å². The third-order valence-corrected chi connectivity index (χ3v) is 7.36. The number of likely N-dealkylation sites (tertiary alicyclic amines) is 1. The number of rotatable bonds is 6. The van der Waals surface area contributed by atoms with E-state index in [4.69, 9.17) is 17.3 Å². The molecule has 3 amide bonds. The van der Waals surface area contributed by atoms with Gasteiger partial charge in [0.1, 0.15) is 29.4 Å². The van der Waals surface area contributed by atoms with Crippen molar-refractivity contribution in [2.24, 2.45) is 11.7 Å². The highest BCUT2D eigenvalue weighted by Crippen LogP contribution is 2.43. The van der Waals surface area contributed by atoms with Crippen LogP contribution in [0.15, 0.2) is 48.8 Å². The molecule has 4 N–H and O–H groups in total. The number of pyridine rings is 1. The Morgan fingerprint density at radius 1 is 1.19 bits per heavy atom. The number of halogens is 1. The highest BCUT2D eigenvalue weighted by molar-refractivity contribution is 6.29. The average molecular weight is 519 g/mol. The Bertz CT molecular complexity index is 1530. The van der Waals surface area contributed by atoms with Gasteiger partial charge in [0, 0.05) is 29.4 Å². The van der Waals surface area contributed by atoms with Crippen LogP contribution in [0.2, 0.25) is 5.15 Å². The summed E-state index contributed by atoms with van der Waals surface area (Å²) in [6.07, 6.45) is 5.83. The number of primary amides is 1. The second-order valence-corrected chi connectivity index (χ2v) is 9.74. The zero-order valence-electron chi connectivity index (χ0n) is 19.6. The van der Waals surface area contributed by atoms with Gasteiger partial charge >= 0.3 is 0 Å². The van der Waals surface area contributed by atoms with Gasteiger partial charge in [-0.1, -0.05) is 17.7 Å². The zero-order chi connectivity index (χ0) is 25.7. The summed E-state index contributed by atoms with van der Waals surface area (Å²) in [5.41, 5.74) is 7.03. The van der Waals surface area contributed by atoms with Crippen LogP contribution in [-0.2, 0) is 16.1 Å². The van der Waals surface area contributed by atoms with Crippen LogP contribution in [0.5, 0.6) is 0 Å². The monoisotopic (exact) mass is 518 g/mol. The van der Waals surface area contributed by atoms with Crippen molar-refractivity contribution in [3.8, 4) is 11.4 Å². The van der Waals surface area contributed by atoms with Gasteiger partial charge in [-0.2, -0.15) is 5.10 Å². The van der Waals surface area contributed by atoms with Crippen molar-refractivity contribution >= 4 is 46.0 Å². The quantitative estimate of drug-likeness (QED) is 0.334. The summed E-state index contributed by atoms with van der Waals surface area (Å²) in [5.74, 6) is -0.191. The summed E-state index contributed by atoms with van der Waals surface area (Å²) in [6.45, 7) is -0.133. The highest BCUT2D eigenvalue weighted by Gasteiger charge is 2.51. The number of piperidine rings is 1. The van der Waals surface area contributed by atoms with Gasteiger partial charge in [0.05, 0.1) is 5.52 Å². The lowest BCUT2D eigenvalue weighted by molar-refractivity contribution is -0.141. The normalized spacial score (nSPS) is 20.5. The average Bonchev–Trinajstić information content (AvgIpc) is 3.67. The molecule has 0 spiro atoms. The summed E-state index contributed by atoms with van der Waals surface area (Å²) in [5, 5.41) is 7.97. The van der Waals surface area contributed by atoms with E-state index in [1.54, 1.807) is 47.6 Å². The Labute approximate surface area is 216 Å². The van der Waals surface area contributed by atoms with Gasteiger partial charge in [-0.25, -0.2) is 9.97 Å². The fourth-order valence-electron chi connectivity index (χ4n) is 5.62. The molecule has 12 heteroatoms. The van der Waals surface area contributed by atoms with Crippen LogP contribution in [0.4, 0.5) is 5.82 Å². The topological polar surface area (TPSA) is 152 Å². The van der Waals surface area contributed by atoms with Crippen LogP contribution in [0, 0.1) is 5.92 Å². The van der Waals surface area contributed by atoms with Crippen LogP contribution in [0.1, 0.15) is 29.8 Å². The number of imidazole rings is 1. The summed E-state index contributed by atoms with van der Waals surface area (Å²) in [4.78, 5) is 52.1. The molecule has 11 nitrogen and oxygen atoms in total. The minimum absolute atomic E-state index is 0.0245. The minimum Gasteiger partial charge on any atom is -0.364 e. The number of H-pyrrole nitrogens is 1. The summed E-state index contributed by atoms with van der Waals surface area (Å²) < 4.78 is 1.48. The van der Waals surface area contributed by atoms with Gasteiger partial charge in [0.15, 0.2) is 5.69 Å². The SMILES string of the molecule is NC(=O)c1nn(CC(=O)N2[C@@H]3CC[C@@H](C3)[C@H]2C(=O)Nc2cccc(Cl)n2)c2ccc(-c3ncc[nH]3)cc12. The first-order valence-corrected chi connectivity index (χ1v) is 12.3. The molecule has 37 heavy (non-hydrogen) atoms. The first-order valence-electron chi connectivity index (χ1n) is 11.9. The first kappa shape index (κ1) is 23.2. The molecular weight excluding hydrogens is 496 g/mol. The van der Waals surface area contributed by atoms with E-state index >= 15 is 0 Å². The molecule has 1 saturated carbocycles. The van der Waals surface area contributed by atoms with Crippen LogP contribution in [0.25, 0.3) is 22.3 Å². The second kappa shape index (κ2) is 9.00. The number of carbonyl (C=O) groups excluding carboxylic acids is 3. The van der Waals surface area contributed by atoms with E-state index in [2.05, 4.69) is 25.4 Å². The number of fused-ring (bicyclic) bond motifs is 3. The van der Waals surface area contributed by atoms with Crippen molar-refractivity contribution in [2.75, 3.05) is 5.32 Å². The van der Waals surface area contributed by atoms with Gasteiger partial charge < -0.3 is 20.9 Å². The molecule has 0 unspecified atom stereocenters. The number of benzene rings is 1. The highest BCUT2D eigenvalue weighted by atomic mass is 35.5. The van der Waals surface area contributed by atoms with E-state index in [-0.39, 0.29) is 41.2 Å². The molecule has 1 saturated heterocycles. The molecule has 4 aromatic rings. The molecule has 3 aromatic heterocycles. The number of amides is 3. The van der Waals surface area contributed by atoms with Crippen molar-refractivity contribution in [2.45, 2.75) is 37.9 Å². The van der Waals surface area contributed by atoms with Crippen LogP contribution in [-0.4, -0.2) is 59.4 Å². The van der Waals surface area contributed by atoms with E-state index in [9.17, 15) is 14.4 Å². The lowest BCUT2D eigenvalue weighted by Gasteiger charge is -2.34. The fraction of sp³-hybridized carbons (Fsp3) is 0.280. The summed E-state index contributed by atoms with van der Waals surface area (Å²) in [7, 11) is 0. The molecule has 1 aliphatic carbocycles. The Morgan fingerprint density at radius 2 is 2.05 bits per heavy atom. The first-order chi connectivity index (χ1) is 17.9. The molecule has 1 aromatic carbocycles. The molecule has 2 aliphatic rings. The van der Waals surface area contributed by atoms with Gasteiger partial charge in [0.2, 0.25) is 11.8 Å². The molecule has 0 radical (unpaired) electrons. The predicted molar refractivity (Wildman–Crippen MR) is 135 cm³/mol. The summed E-state index contributed by atoms with van der Waals surface area (Å²) in [6, 6.07) is 9.72. The molecule has 4 heterocycles. The number of nitrogens with zero attached hydrogens (tertiary/aromatic N) is 5. The lowest BCUT2D eigenvalue weighted by Crippen LogP contribution is -2.52. The molecule has 6 rings (SSSR count). The number of carbonyl (C=O) groups is 3. The number of nitrogens with one attached hydrogen (secondary N) is 2. The van der Waals surface area contributed by atoms with Gasteiger partial charge in [-0.3, -0.25) is 19.1 Å². The largest absolute Gasteiger partial charge is 0.364 e. The van der Waals surface area contributed by atoms with E-state index in [1.807, 2.05) is 6.07 Å². The molecule has 2 bridgehead atoms. The van der Waals surface area contributed by atoms with E-state index in [0.29, 0.717) is 22.5 Å². The third kappa shape index (κ3) is 4.10. The molecule has 3 atom stereocenters. The Balaban J connectivity index is 1.29. The maximum absolute atomic E-state index is 13.6.